The van der Waals surface area contributed by atoms with E-state index >= 15 is 0 Å². The van der Waals surface area contributed by atoms with Crippen molar-refractivity contribution in [2.75, 3.05) is 0 Å². The fourth-order valence-corrected chi connectivity index (χ4v) is 7.86. The highest BCUT2D eigenvalue weighted by atomic mass is 16.3. The second-order valence-electron chi connectivity index (χ2n) is 12.3. The van der Waals surface area contributed by atoms with E-state index in [-0.39, 0.29) is 0 Å². The zero-order valence-electron chi connectivity index (χ0n) is 25.0. The van der Waals surface area contributed by atoms with Gasteiger partial charge in [-0.05, 0) is 53.9 Å². The van der Waals surface area contributed by atoms with Crippen molar-refractivity contribution in [1.29, 1.82) is 0 Å². The third-order valence-electron chi connectivity index (χ3n) is 9.92. The lowest BCUT2D eigenvalue weighted by Gasteiger charge is -2.09. The van der Waals surface area contributed by atoms with Crippen LogP contribution in [0.3, 0.4) is 0 Å². The first kappa shape index (κ1) is 24.4. The van der Waals surface area contributed by atoms with Crippen LogP contribution in [0.4, 0.5) is 0 Å². The zero-order valence-corrected chi connectivity index (χ0v) is 25.0. The summed E-state index contributed by atoms with van der Waals surface area (Å²) in [5.41, 5.74) is 8.68. The molecule has 8 nitrogen and oxygen atoms in total. The molecule has 48 heavy (non-hydrogen) atoms. The molecule has 0 saturated carbocycles. The van der Waals surface area contributed by atoms with E-state index in [1.807, 2.05) is 61.3 Å². The maximum absolute atomic E-state index is 6.56. The number of fused-ring (bicyclic) bond motifs is 20. The van der Waals surface area contributed by atoms with Crippen molar-refractivity contribution < 1.29 is 8.83 Å². The van der Waals surface area contributed by atoms with Gasteiger partial charge in [-0.25, -0.2) is 9.97 Å². The Kier molecular flexibility index (Phi) is 4.33. The van der Waals surface area contributed by atoms with Gasteiger partial charge >= 0.3 is 0 Å². The second kappa shape index (κ2) is 8.51. The Morgan fingerprint density at radius 2 is 1.31 bits per heavy atom. The number of rotatable bonds is 1. The summed E-state index contributed by atoms with van der Waals surface area (Å²) in [6.45, 7) is 0. The van der Waals surface area contributed by atoms with Crippen LogP contribution in [0.2, 0.25) is 0 Å². The number of imidazole rings is 2. The topological polar surface area (TPSA) is 86.7 Å². The molecule has 0 aliphatic rings. The lowest BCUT2D eigenvalue weighted by Crippen LogP contribution is -1.93. The van der Waals surface area contributed by atoms with E-state index in [4.69, 9.17) is 23.8 Å². The highest BCUT2D eigenvalue weighted by Crippen LogP contribution is 2.42. The third-order valence-corrected chi connectivity index (χ3v) is 9.92. The summed E-state index contributed by atoms with van der Waals surface area (Å²) in [5.74, 6) is 0. The Bertz CT molecular complexity index is 3360. The molecule has 0 amide bonds. The molecule has 8 heterocycles. The quantitative estimate of drug-likeness (QED) is 0.171. The van der Waals surface area contributed by atoms with E-state index in [1.54, 1.807) is 0 Å². The average molecular weight is 617 g/mol. The Balaban J connectivity index is 1.20. The van der Waals surface area contributed by atoms with E-state index < -0.39 is 0 Å². The highest BCUT2D eigenvalue weighted by Gasteiger charge is 2.21. The van der Waals surface area contributed by atoms with Crippen molar-refractivity contribution in [3.05, 3.63) is 122 Å². The number of nitrogens with zero attached hydrogens (tertiary/aromatic N) is 6. The van der Waals surface area contributed by atoms with Gasteiger partial charge in [-0.2, -0.15) is 0 Å². The van der Waals surface area contributed by atoms with Crippen LogP contribution in [-0.4, -0.2) is 28.7 Å². The van der Waals surface area contributed by atoms with Gasteiger partial charge in [-0.1, -0.05) is 36.4 Å². The number of pyridine rings is 4. The maximum Gasteiger partial charge on any atom is 0.147 e. The molecule has 12 aromatic rings. The molecule has 0 saturated heterocycles. The van der Waals surface area contributed by atoms with Crippen LogP contribution >= 0.6 is 0 Å². The summed E-state index contributed by atoms with van der Waals surface area (Å²) < 4.78 is 17.1. The molecule has 222 valence electrons. The molecule has 8 heteroatoms. The van der Waals surface area contributed by atoms with Gasteiger partial charge in [-0.3, -0.25) is 18.8 Å². The van der Waals surface area contributed by atoms with Gasteiger partial charge in [0.25, 0.3) is 0 Å². The summed E-state index contributed by atoms with van der Waals surface area (Å²) in [7, 11) is 0. The van der Waals surface area contributed by atoms with E-state index in [0.717, 1.165) is 110 Å². The van der Waals surface area contributed by atoms with Crippen molar-refractivity contribution in [1.82, 2.24) is 28.7 Å². The predicted molar refractivity (Wildman–Crippen MR) is 190 cm³/mol. The fraction of sp³-hybridized carbons (Fsp3) is 0. The Labute approximate surface area is 269 Å². The van der Waals surface area contributed by atoms with Crippen LogP contribution in [-0.2, 0) is 0 Å². The van der Waals surface area contributed by atoms with Gasteiger partial charge in [0.15, 0.2) is 0 Å². The summed E-state index contributed by atoms with van der Waals surface area (Å²) in [6.07, 6.45) is 11.6. The SMILES string of the molecule is c1ccc2c(c1)oc1c2ccc2c1c1cc(-c3cn4c5ccc6oc7ccccc7c6c5c5ccncc5c4n3)ncc1c1nccn21. The van der Waals surface area contributed by atoms with Gasteiger partial charge in [0, 0.05) is 80.3 Å². The number of hydrogen-bond donors (Lipinski definition) is 0. The van der Waals surface area contributed by atoms with Crippen LogP contribution in [0.5, 0.6) is 0 Å². The number of aromatic nitrogens is 6. The number of benzene rings is 4. The minimum atomic E-state index is 0.761. The van der Waals surface area contributed by atoms with Gasteiger partial charge in [0.2, 0.25) is 0 Å². The first-order valence-electron chi connectivity index (χ1n) is 15.8. The van der Waals surface area contributed by atoms with Crippen molar-refractivity contribution in [2.45, 2.75) is 0 Å². The molecule has 0 atom stereocenters. The minimum absolute atomic E-state index is 0.761. The largest absolute Gasteiger partial charge is 0.456 e. The Hall–Kier alpha value is -6.80. The van der Waals surface area contributed by atoms with Crippen molar-refractivity contribution in [3.63, 3.8) is 0 Å². The van der Waals surface area contributed by atoms with Crippen molar-refractivity contribution >= 4 is 98.5 Å². The van der Waals surface area contributed by atoms with Crippen molar-refractivity contribution in [2.24, 2.45) is 0 Å². The highest BCUT2D eigenvalue weighted by molar-refractivity contribution is 6.28. The minimum Gasteiger partial charge on any atom is -0.456 e. The fourth-order valence-electron chi connectivity index (χ4n) is 7.86. The number of hydrogen-bond acceptors (Lipinski definition) is 6. The maximum atomic E-state index is 6.56. The summed E-state index contributed by atoms with van der Waals surface area (Å²) in [6, 6.07) is 29.1. The summed E-state index contributed by atoms with van der Waals surface area (Å²) >= 11 is 0. The van der Waals surface area contributed by atoms with E-state index in [2.05, 4.69) is 74.6 Å². The van der Waals surface area contributed by atoms with Gasteiger partial charge in [-0.15, -0.1) is 0 Å². The summed E-state index contributed by atoms with van der Waals surface area (Å²) in [5, 5.41) is 10.5. The molecule has 0 aliphatic heterocycles. The molecule has 8 aromatic heterocycles. The Morgan fingerprint density at radius 3 is 2.25 bits per heavy atom. The number of para-hydroxylation sites is 2. The van der Waals surface area contributed by atoms with Crippen LogP contribution in [0.25, 0.3) is 110 Å². The van der Waals surface area contributed by atoms with Crippen LogP contribution in [0, 0.1) is 0 Å². The molecule has 4 aromatic carbocycles. The van der Waals surface area contributed by atoms with Gasteiger partial charge in [0.05, 0.1) is 22.1 Å². The standard InChI is InChI=1S/C40H20N6O2/c1-3-7-32-21(5-1)23-9-10-31-36(38(23)48-32)25-17-28(43-19-27(25)39-42-15-16-45(31)39)29-20-46-30-11-12-34-37(24-6-2-4-8-33(24)47-34)35(30)22-13-14-41-18-26(22)40(46)44-29/h1-20H. The lowest BCUT2D eigenvalue weighted by molar-refractivity contribution is 0.669. The molecule has 12 rings (SSSR count). The molecule has 0 N–H and O–H groups in total. The molecule has 0 fully saturated rings. The van der Waals surface area contributed by atoms with E-state index in [1.165, 1.54) is 0 Å². The predicted octanol–water partition coefficient (Wildman–Crippen LogP) is 9.85. The first-order chi connectivity index (χ1) is 23.8. The smallest absolute Gasteiger partial charge is 0.147 e. The number of furan rings is 2. The zero-order chi connectivity index (χ0) is 31.1. The van der Waals surface area contributed by atoms with Gasteiger partial charge in [0.1, 0.15) is 39.3 Å². The Morgan fingerprint density at radius 1 is 0.500 bits per heavy atom. The normalized spacial score (nSPS) is 12.6. The molecule has 0 spiro atoms. The van der Waals surface area contributed by atoms with Crippen LogP contribution in [0.1, 0.15) is 0 Å². The van der Waals surface area contributed by atoms with E-state index in [9.17, 15) is 0 Å². The molecule has 0 radical (unpaired) electrons. The third kappa shape index (κ3) is 2.95. The van der Waals surface area contributed by atoms with Gasteiger partial charge < -0.3 is 8.83 Å². The molecule has 0 aliphatic carbocycles. The molecular weight excluding hydrogens is 596 g/mol. The molecular formula is C40H20N6O2. The first-order valence-corrected chi connectivity index (χ1v) is 15.8. The molecule has 0 bridgehead atoms. The van der Waals surface area contributed by atoms with Crippen LogP contribution in [0.15, 0.2) is 131 Å². The summed E-state index contributed by atoms with van der Waals surface area (Å²) in [4.78, 5) is 19.4. The lowest BCUT2D eigenvalue weighted by atomic mass is 10.0. The average Bonchev–Trinajstić information content (AvgIpc) is 3.94. The van der Waals surface area contributed by atoms with Crippen molar-refractivity contribution in [3.8, 4) is 11.4 Å². The van der Waals surface area contributed by atoms with E-state index in [0.29, 0.717) is 0 Å². The monoisotopic (exact) mass is 616 g/mol. The molecule has 0 unspecified atom stereocenters. The second-order valence-corrected chi connectivity index (χ2v) is 12.3. The van der Waals surface area contributed by atoms with Crippen LogP contribution < -0.4 is 0 Å².